The summed E-state index contributed by atoms with van der Waals surface area (Å²) in [6.07, 6.45) is 0. The SMILES string of the molecule is O=S1(=O)c2ccccc2S(=O)(=O)N1Cl. The topological polar surface area (TPSA) is 71.5 Å². The van der Waals surface area contributed by atoms with E-state index in [1.807, 2.05) is 0 Å². The van der Waals surface area contributed by atoms with E-state index >= 15 is 0 Å². The van der Waals surface area contributed by atoms with E-state index in [9.17, 15) is 16.8 Å². The number of fused-ring (bicyclic) bond motifs is 1. The van der Waals surface area contributed by atoms with Crippen molar-refractivity contribution < 1.29 is 16.8 Å². The monoisotopic (exact) mass is 253 g/mol. The molecule has 0 saturated heterocycles. The second-order valence-electron chi connectivity index (χ2n) is 2.61. The van der Waals surface area contributed by atoms with Gasteiger partial charge in [0.15, 0.2) is 0 Å². The van der Waals surface area contributed by atoms with Crippen LogP contribution in [0.25, 0.3) is 0 Å². The molecule has 1 aliphatic heterocycles. The first-order chi connectivity index (χ1) is 6.38. The number of halogens is 1. The summed E-state index contributed by atoms with van der Waals surface area (Å²) >= 11 is 5.22. The van der Waals surface area contributed by atoms with Crippen molar-refractivity contribution in [3.63, 3.8) is 0 Å². The zero-order valence-electron chi connectivity index (χ0n) is 6.58. The minimum Gasteiger partial charge on any atom is -0.205 e. The molecule has 5 nitrogen and oxygen atoms in total. The molecule has 0 atom stereocenters. The first kappa shape index (κ1) is 9.91. The summed E-state index contributed by atoms with van der Waals surface area (Å²) in [5.74, 6) is 0. The van der Waals surface area contributed by atoms with E-state index in [4.69, 9.17) is 11.8 Å². The lowest BCUT2D eigenvalue weighted by molar-refractivity contribution is 0.563. The predicted octanol–water partition coefficient (Wildman–Crippen LogP) is 0.533. The van der Waals surface area contributed by atoms with Crippen molar-refractivity contribution in [1.82, 2.24) is 3.23 Å². The molecule has 2 rings (SSSR count). The minimum atomic E-state index is -4.08. The average molecular weight is 254 g/mol. The van der Waals surface area contributed by atoms with Gasteiger partial charge in [0, 0.05) is 15.0 Å². The van der Waals surface area contributed by atoms with Crippen LogP contribution >= 0.6 is 11.8 Å². The molecule has 76 valence electrons. The Morgan fingerprint density at radius 2 is 1.29 bits per heavy atom. The normalized spacial score (nSPS) is 23.2. The van der Waals surface area contributed by atoms with Crippen molar-refractivity contribution in [3.05, 3.63) is 24.3 Å². The Kier molecular flexibility index (Phi) is 1.91. The fourth-order valence-electron chi connectivity index (χ4n) is 1.16. The second kappa shape index (κ2) is 2.69. The molecule has 0 aliphatic carbocycles. The van der Waals surface area contributed by atoms with Crippen LogP contribution in [0.1, 0.15) is 0 Å². The number of sulfonamides is 2. The lowest BCUT2D eigenvalue weighted by Crippen LogP contribution is -2.19. The van der Waals surface area contributed by atoms with Crippen molar-refractivity contribution in [2.75, 3.05) is 0 Å². The van der Waals surface area contributed by atoms with E-state index < -0.39 is 20.0 Å². The highest BCUT2D eigenvalue weighted by Gasteiger charge is 2.46. The third-order valence-electron chi connectivity index (χ3n) is 1.78. The maximum Gasteiger partial charge on any atom is 0.271 e. The zero-order chi connectivity index (χ0) is 10.6. The van der Waals surface area contributed by atoms with Gasteiger partial charge >= 0.3 is 0 Å². The van der Waals surface area contributed by atoms with E-state index in [1.165, 1.54) is 24.3 Å². The van der Waals surface area contributed by atoms with Crippen molar-refractivity contribution in [1.29, 1.82) is 0 Å². The summed E-state index contributed by atoms with van der Waals surface area (Å²) in [5.41, 5.74) is 0. The van der Waals surface area contributed by atoms with Gasteiger partial charge in [-0.2, -0.15) is 0 Å². The molecule has 0 amide bonds. The van der Waals surface area contributed by atoms with E-state index in [0.29, 0.717) is 0 Å². The molecule has 1 aromatic rings. The average Bonchev–Trinajstić information content (AvgIpc) is 2.28. The number of hydrogen-bond donors (Lipinski definition) is 0. The van der Waals surface area contributed by atoms with Gasteiger partial charge in [-0.1, -0.05) is 12.1 Å². The molecule has 0 saturated carbocycles. The largest absolute Gasteiger partial charge is 0.271 e. The smallest absolute Gasteiger partial charge is 0.205 e. The molecule has 1 aromatic carbocycles. The first-order valence-electron chi connectivity index (χ1n) is 3.44. The van der Waals surface area contributed by atoms with Gasteiger partial charge in [-0.3, -0.25) is 0 Å². The Morgan fingerprint density at radius 1 is 0.929 bits per heavy atom. The molecular formula is C6H4ClNO4S2. The highest BCUT2D eigenvalue weighted by Crippen LogP contribution is 2.37. The first-order valence-corrected chi connectivity index (χ1v) is 6.65. The molecule has 0 fully saturated rings. The molecule has 1 aliphatic rings. The molecule has 0 spiro atoms. The zero-order valence-corrected chi connectivity index (χ0v) is 8.97. The molecule has 0 bridgehead atoms. The van der Waals surface area contributed by atoms with Gasteiger partial charge in [0.2, 0.25) is 0 Å². The fourth-order valence-corrected chi connectivity index (χ4v) is 5.21. The highest BCUT2D eigenvalue weighted by atomic mass is 35.5. The molecular weight excluding hydrogens is 250 g/mol. The van der Waals surface area contributed by atoms with Crippen LogP contribution in [0.2, 0.25) is 0 Å². The molecule has 8 heteroatoms. The van der Waals surface area contributed by atoms with Crippen LogP contribution in [0.15, 0.2) is 34.1 Å². The second-order valence-corrected chi connectivity index (χ2v) is 7.09. The summed E-state index contributed by atoms with van der Waals surface area (Å²) in [6.45, 7) is 0. The van der Waals surface area contributed by atoms with E-state index in [0.717, 1.165) is 0 Å². The Bertz CT molecular complexity index is 539. The van der Waals surface area contributed by atoms with Gasteiger partial charge in [0.25, 0.3) is 20.0 Å². The van der Waals surface area contributed by atoms with Crippen LogP contribution in [0.5, 0.6) is 0 Å². The number of benzene rings is 1. The van der Waals surface area contributed by atoms with Crippen molar-refractivity contribution >= 4 is 31.8 Å². The van der Waals surface area contributed by atoms with Gasteiger partial charge in [-0.05, 0) is 12.1 Å². The highest BCUT2D eigenvalue weighted by molar-refractivity contribution is 8.08. The summed E-state index contributed by atoms with van der Waals surface area (Å²) in [5, 5.41) is 0. The van der Waals surface area contributed by atoms with Crippen LogP contribution in [-0.4, -0.2) is 20.1 Å². The Hall–Kier alpha value is -0.630. The van der Waals surface area contributed by atoms with Crippen molar-refractivity contribution in [3.8, 4) is 0 Å². The van der Waals surface area contributed by atoms with Gasteiger partial charge in [-0.15, -0.1) is 0 Å². The summed E-state index contributed by atoms with van der Waals surface area (Å²) in [4.78, 5) is -0.565. The minimum absolute atomic E-state index is 0.134. The number of hydrogen-bond acceptors (Lipinski definition) is 4. The van der Waals surface area contributed by atoms with Gasteiger partial charge in [0.05, 0.1) is 0 Å². The third-order valence-corrected chi connectivity index (χ3v) is 6.76. The van der Waals surface area contributed by atoms with Crippen LogP contribution in [0, 0.1) is 0 Å². The standard InChI is InChI=1S/C6H4ClNO4S2/c7-8-13(9,10)5-3-1-2-4-6(5)14(8,11)12/h1-4H. The maximum atomic E-state index is 11.4. The Balaban J connectivity index is 2.98. The van der Waals surface area contributed by atoms with Gasteiger partial charge in [0.1, 0.15) is 9.79 Å². The third kappa shape index (κ3) is 1.04. The van der Waals surface area contributed by atoms with Crippen molar-refractivity contribution in [2.24, 2.45) is 0 Å². The van der Waals surface area contributed by atoms with Crippen LogP contribution in [0.4, 0.5) is 0 Å². The fraction of sp³-hybridized carbons (Fsp3) is 0. The van der Waals surface area contributed by atoms with Crippen LogP contribution < -0.4 is 0 Å². The quantitative estimate of drug-likeness (QED) is 0.633. The number of rotatable bonds is 0. The molecule has 0 unspecified atom stereocenters. The van der Waals surface area contributed by atoms with Gasteiger partial charge < -0.3 is 0 Å². The Morgan fingerprint density at radius 3 is 1.64 bits per heavy atom. The van der Waals surface area contributed by atoms with Crippen LogP contribution in [0.3, 0.4) is 0 Å². The lowest BCUT2D eigenvalue weighted by atomic mass is 10.4. The molecule has 0 N–H and O–H groups in total. The Labute approximate surface area is 86.1 Å². The van der Waals surface area contributed by atoms with E-state index in [1.54, 1.807) is 0 Å². The summed E-state index contributed by atoms with van der Waals surface area (Å²) < 4.78 is 45.5. The molecule has 1 heterocycles. The predicted molar refractivity (Wildman–Crippen MR) is 48.5 cm³/mol. The van der Waals surface area contributed by atoms with Crippen molar-refractivity contribution in [2.45, 2.75) is 9.79 Å². The molecule has 0 radical (unpaired) electrons. The maximum absolute atomic E-state index is 11.4. The molecule has 14 heavy (non-hydrogen) atoms. The van der Waals surface area contributed by atoms with E-state index in [-0.39, 0.29) is 13.0 Å². The molecule has 0 aromatic heterocycles. The van der Waals surface area contributed by atoms with Crippen LogP contribution in [-0.2, 0) is 20.0 Å². The van der Waals surface area contributed by atoms with E-state index in [2.05, 4.69) is 0 Å². The summed E-state index contributed by atoms with van der Waals surface area (Å²) in [7, 11) is -8.16. The number of nitrogens with zero attached hydrogens (tertiary/aromatic N) is 1. The summed E-state index contributed by atoms with van der Waals surface area (Å²) in [6, 6.07) is 5.26. The van der Waals surface area contributed by atoms with Gasteiger partial charge in [-0.25, -0.2) is 16.8 Å². The lowest BCUT2D eigenvalue weighted by Gasteiger charge is -2.00.